The molecule has 1 aromatic rings. The highest BCUT2D eigenvalue weighted by molar-refractivity contribution is 5.00. The average molecular weight is 237 g/mol. The van der Waals surface area contributed by atoms with E-state index in [1.165, 1.54) is 19.3 Å². The third-order valence-corrected chi connectivity index (χ3v) is 3.29. The number of H-pyrrole nitrogens is 1. The molecule has 0 amide bonds. The maximum atomic E-state index is 11.6. The molecule has 1 saturated heterocycles. The van der Waals surface area contributed by atoms with Crippen LogP contribution < -0.4 is 11.2 Å². The van der Waals surface area contributed by atoms with Crippen LogP contribution >= 0.6 is 0 Å². The van der Waals surface area contributed by atoms with Crippen LogP contribution in [0.25, 0.3) is 0 Å². The first kappa shape index (κ1) is 12.1. The molecule has 0 unspecified atom stereocenters. The third-order valence-electron chi connectivity index (χ3n) is 3.29. The van der Waals surface area contributed by atoms with Crippen molar-refractivity contribution in [2.45, 2.75) is 32.7 Å². The van der Waals surface area contributed by atoms with Crippen molar-refractivity contribution < 1.29 is 0 Å². The maximum absolute atomic E-state index is 11.6. The molecule has 94 valence electrons. The Balaban J connectivity index is 2.01. The van der Waals surface area contributed by atoms with Gasteiger partial charge in [0.15, 0.2) is 0 Å². The van der Waals surface area contributed by atoms with Crippen LogP contribution in [0.1, 0.15) is 24.8 Å². The lowest BCUT2D eigenvalue weighted by Gasteiger charge is -2.26. The van der Waals surface area contributed by atoms with Gasteiger partial charge in [-0.3, -0.25) is 14.3 Å². The minimum atomic E-state index is -0.308. The summed E-state index contributed by atoms with van der Waals surface area (Å²) in [6, 6.07) is 0. The SMILES string of the molecule is Cc1cn(CCN2CCCCC2)c(=O)[nH]c1=O. The molecular weight excluding hydrogens is 218 g/mol. The zero-order valence-corrected chi connectivity index (χ0v) is 10.2. The number of hydrogen-bond acceptors (Lipinski definition) is 3. The van der Waals surface area contributed by atoms with Gasteiger partial charge in [0.2, 0.25) is 0 Å². The fourth-order valence-corrected chi connectivity index (χ4v) is 2.22. The molecule has 0 aromatic carbocycles. The van der Waals surface area contributed by atoms with Crippen molar-refractivity contribution in [3.05, 3.63) is 32.6 Å². The summed E-state index contributed by atoms with van der Waals surface area (Å²) in [5.74, 6) is 0. The third kappa shape index (κ3) is 3.06. The number of nitrogens with zero attached hydrogens (tertiary/aromatic N) is 2. The Bertz CT molecular complexity index is 483. The minimum absolute atomic E-state index is 0.288. The van der Waals surface area contributed by atoms with E-state index in [2.05, 4.69) is 9.88 Å². The smallest absolute Gasteiger partial charge is 0.302 e. The number of piperidine rings is 1. The largest absolute Gasteiger partial charge is 0.328 e. The second-order valence-corrected chi connectivity index (χ2v) is 4.67. The summed E-state index contributed by atoms with van der Waals surface area (Å²) in [5, 5.41) is 0. The van der Waals surface area contributed by atoms with Gasteiger partial charge in [0.05, 0.1) is 0 Å². The second-order valence-electron chi connectivity index (χ2n) is 4.67. The van der Waals surface area contributed by atoms with E-state index in [-0.39, 0.29) is 11.2 Å². The molecule has 1 aliphatic heterocycles. The van der Waals surface area contributed by atoms with Crippen LogP contribution in [-0.4, -0.2) is 34.1 Å². The highest BCUT2D eigenvalue weighted by atomic mass is 16.2. The molecule has 1 aromatic heterocycles. The van der Waals surface area contributed by atoms with Crippen LogP contribution in [0.3, 0.4) is 0 Å². The molecule has 1 N–H and O–H groups in total. The number of nitrogens with one attached hydrogen (secondary N) is 1. The Morgan fingerprint density at radius 3 is 2.59 bits per heavy atom. The van der Waals surface area contributed by atoms with Crippen molar-refractivity contribution in [1.82, 2.24) is 14.5 Å². The highest BCUT2D eigenvalue weighted by Crippen LogP contribution is 2.07. The predicted octanol–water partition coefficient (Wildman–Crippen LogP) is 0.331. The van der Waals surface area contributed by atoms with E-state index in [4.69, 9.17) is 0 Å². The highest BCUT2D eigenvalue weighted by Gasteiger charge is 2.10. The molecule has 5 heteroatoms. The van der Waals surface area contributed by atoms with Gasteiger partial charge in [-0.1, -0.05) is 6.42 Å². The van der Waals surface area contributed by atoms with E-state index >= 15 is 0 Å². The van der Waals surface area contributed by atoms with Crippen molar-refractivity contribution in [1.29, 1.82) is 0 Å². The molecular formula is C12H19N3O2. The molecule has 0 saturated carbocycles. The molecule has 0 bridgehead atoms. The second kappa shape index (κ2) is 5.31. The van der Waals surface area contributed by atoms with Gasteiger partial charge in [-0.25, -0.2) is 4.79 Å². The normalized spacial score (nSPS) is 17.2. The van der Waals surface area contributed by atoms with Crippen LogP contribution in [0.4, 0.5) is 0 Å². The molecule has 2 heterocycles. The van der Waals surface area contributed by atoms with Gasteiger partial charge in [0.1, 0.15) is 0 Å². The first-order valence-electron chi connectivity index (χ1n) is 6.19. The Kier molecular flexibility index (Phi) is 3.78. The summed E-state index contributed by atoms with van der Waals surface area (Å²) in [5.41, 5.74) is -0.00919. The fraction of sp³-hybridized carbons (Fsp3) is 0.667. The first-order valence-corrected chi connectivity index (χ1v) is 6.19. The lowest BCUT2D eigenvalue weighted by atomic mass is 10.1. The van der Waals surface area contributed by atoms with Crippen LogP contribution in [0.5, 0.6) is 0 Å². The molecule has 5 nitrogen and oxygen atoms in total. The Morgan fingerprint density at radius 1 is 1.18 bits per heavy atom. The number of aromatic nitrogens is 2. The zero-order chi connectivity index (χ0) is 12.3. The topological polar surface area (TPSA) is 58.1 Å². The standard InChI is InChI=1S/C12H19N3O2/c1-10-9-15(12(17)13-11(10)16)8-7-14-5-3-2-4-6-14/h9H,2-8H2,1H3,(H,13,16,17). The minimum Gasteiger partial charge on any atom is -0.302 e. The molecule has 0 atom stereocenters. The van der Waals surface area contributed by atoms with E-state index < -0.39 is 0 Å². The molecule has 1 fully saturated rings. The predicted molar refractivity (Wildman–Crippen MR) is 66.4 cm³/mol. The maximum Gasteiger partial charge on any atom is 0.328 e. The zero-order valence-electron chi connectivity index (χ0n) is 10.2. The Labute approximate surface area is 100 Å². The summed E-state index contributed by atoms with van der Waals surface area (Å²) in [6.07, 6.45) is 5.46. The van der Waals surface area contributed by atoms with Gasteiger partial charge in [0, 0.05) is 24.8 Å². The van der Waals surface area contributed by atoms with E-state index in [0.29, 0.717) is 12.1 Å². The summed E-state index contributed by atoms with van der Waals surface area (Å²) in [7, 11) is 0. The average Bonchev–Trinajstić information content (AvgIpc) is 2.33. The van der Waals surface area contributed by atoms with E-state index in [1.807, 2.05) is 0 Å². The van der Waals surface area contributed by atoms with E-state index in [0.717, 1.165) is 19.6 Å². The molecule has 0 aliphatic carbocycles. The summed E-state index contributed by atoms with van der Waals surface area (Å²) >= 11 is 0. The van der Waals surface area contributed by atoms with Crippen LogP contribution in [0, 0.1) is 6.92 Å². The van der Waals surface area contributed by atoms with E-state index in [1.54, 1.807) is 17.7 Å². The van der Waals surface area contributed by atoms with Crippen molar-refractivity contribution in [3.8, 4) is 0 Å². The summed E-state index contributed by atoms with van der Waals surface area (Å²) < 4.78 is 1.59. The molecule has 17 heavy (non-hydrogen) atoms. The number of hydrogen-bond donors (Lipinski definition) is 1. The Hall–Kier alpha value is -1.36. The van der Waals surface area contributed by atoms with Crippen molar-refractivity contribution >= 4 is 0 Å². The van der Waals surface area contributed by atoms with Gasteiger partial charge in [-0.15, -0.1) is 0 Å². The van der Waals surface area contributed by atoms with Gasteiger partial charge < -0.3 is 4.90 Å². The fourth-order valence-electron chi connectivity index (χ4n) is 2.22. The number of aryl methyl sites for hydroxylation is 1. The first-order chi connectivity index (χ1) is 8.16. The molecule has 0 radical (unpaired) electrons. The number of likely N-dealkylation sites (tertiary alicyclic amines) is 1. The van der Waals surface area contributed by atoms with Crippen LogP contribution in [0.15, 0.2) is 15.8 Å². The monoisotopic (exact) mass is 237 g/mol. The van der Waals surface area contributed by atoms with Gasteiger partial charge in [-0.2, -0.15) is 0 Å². The Morgan fingerprint density at radius 2 is 1.88 bits per heavy atom. The molecule has 0 spiro atoms. The molecule has 2 rings (SSSR count). The number of rotatable bonds is 3. The lowest BCUT2D eigenvalue weighted by molar-refractivity contribution is 0.219. The van der Waals surface area contributed by atoms with Crippen LogP contribution in [-0.2, 0) is 6.54 Å². The van der Waals surface area contributed by atoms with E-state index in [9.17, 15) is 9.59 Å². The van der Waals surface area contributed by atoms with Crippen molar-refractivity contribution in [2.24, 2.45) is 0 Å². The van der Waals surface area contributed by atoms with Gasteiger partial charge in [0.25, 0.3) is 5.56 Å². The molecule has 1 aliphatic rings. The summed E-state index contributed by atoms with van der Waals surface area (Å²) in [6.45, 7) is 5.49. The quantitative estimate of drug-likeness (QED) is 0.824. The van der Waals surface area contributed by atoms with Gasteiger partial charge >= 0.3 is 5.69 Å². The number of aromatic amines is 1. The lowest BCUT2D eigenvalue weighted by Crippen LogP contribution is -2.37. The van der Waals surface area contributed by atoms with Crippen molar-refractivity contribution in [3.63, 3.8) is 0 Å². The van der Waals surface area contributed by atoms with Gasteiger partial charge in [-0.05, 0) is 32.9 Å². The van der Waals surface area contributed by atoms with Crippen molar-refractivity contribution in [2.75, 3.05) is 19.6 Å². The summed E-state index contributed by atoms with van der Waals surface area (Å²) in [4.78, 5) is 27.5. The van der Waals surface area contributed by atoms with Crippen LogP contribution in [0.2, 0.25) is 0 Å².